The number of rotatable bonds is 5. The number of piperidine rings is 1. The predicted octanol–water partition coefficient (Wildman–Crippen LogP) is 1.55. The number of amides is 2. The van der Waals surface area contributed by atoms with Gasteiger partial charge in [0.05, 0.1) is 5.92 Å². The molecule has 5 nitrogen and oxygen atoms in total. The maximum Gasteiger partial charge on any atom is 0.225 e. The summed E-state index contributed by atoms with van der Waals surface area (Å²) in [6.45, 7) is 7.61. The van der Waals surface area contributed by atoms with E-state index in [1.807, 2.05) is 4.90 Å². The second kappa shape index (κ2) is 6.99. The van der Waals surface area contributed by atoms with Gasteiger partial charge in [0.25, 0.3) is 0 Å². The fourth-order valence-corrected chi connectivity index (χ4v) is 3.12. The minimum Gasteiger partial charge on any atom is -0.396 e. The summed E-state index contributed by atoms with van der Waals surface area (Å²) in [4.78, 5) is 26.6. The Bertz CT molecular complexity index is 413. The Kier molecular flexibility index (Phi) is 5.48. The molecule has 0 aromatic rings. The first kappa shape index (κ1) is 17.3. The SMILES string of the molecule is CC(C)(C)C(CCO)NC(=O)C1CCCN(C(=O)C2CC2)C1. The molecule has 126 valence electrons. The van der Waals surface area contributed by atoms with Gasteiger partial charge in [-0.1, -0.05) is 20.8 Å². The maximum absolute atomic E-state index is 12.6. The van der Waals surface area contributed by atoms with Gasteiger partial charge in [-0.15, -0.1) is 0 Å². The summed E-state index contributed by atoms with van der Waals surface area (Å²) in [7, 11) is 0. The molecule has 2 N–H and O–H groups in total. The van der Waals surface area contributed by atoms with Gasteiger partial charge >= 0.3 is 0 Å². The third-order valence-corrected chi connectivity index (χ3v) is 4.81. The van der Waals surface area contributed by atoms with Gasteiger partial charge in [-0.05, 0) is 37.5 Å². The molecule has 0 aromatic carbocycles. The third-order valence-electron chi connectivity index (χ3n) is 4.81. The molecule has 0 aromatic heterocycles. The molecule has 2 rings (SSSR count). The Morgan fingerprint density at radius 3 is 2.45 bits per heavy atom. The molecular formula is C17H30N2O3. The van der Waals surface area contributed by atoms with Gasteiger partial charge in [-0.25, -0.2) is 0 Å². The van der Waals surface area contributed by atoms with Crippen LogP contribution in [0.25, 0.3) is 0 Å². The Morgan fingerprint density at radius 1 is 1.23 bits per heavy atom. The zero-order chi connectivity index (χ0) is 16.3. The molecule has 0 bridgehead atoms. The van der Waals surface area contributed by atoms with Crippen LogP contribution in [-0.4, -0.2) is 47.6 Å². The van der Waals surface area contributed by atoms with Crippen LogP contribution in [0.1, 0.15) is 52.9 Å². The molecule has 1 aliphatic heterocycles. The molecule has 2 amide bonds. The lowest BCUT2D eigenvalue weighted by Gasteiger charge is -2.36. The van der Waals surface area contributed by atoms with E-state index in [0.717, 1.165) is 32.2 Å². The fourth-order valence-electron chi connectivity index (χ4n) is 3.12. The number of carbonyl (C=O) groups excluding carboxylic acids is 2. The highest BCUT2D eigenvalue weighted by Crippen LogP contribution is 2.32. The smallest absolute Gasteiger partial charge is 0.225 e. The van der Waals surface area contributed by atoms with Crippen LogP contribution in [0.4, 0.5) is 0 Å². The molecule has 0 radical (unpaired) electrons. The van der Waals surface area contributed by atoms with Gasteiger partial charge in [-0.3, -0.25) is 9.59 Å². The quantitative estimate of drug-likeness (QED) is 0.809. The third kappa shape index (κ3) is 4.45. The number of hydrogen-bond acceptors (Lipinski definition) is 3. The van der Waals surface area contributed by atoms with E-state index in [4.69, 9.17) is 0 Å². The molecule has 0 spiro atoms. The van der Waals surface area contributed by atoms with Crippen LogP contribution >= 0.6 is 0 Å². The first-order valence-electron chi connectivity index (χ1n) is 8.53. The second-order valence-corrected chi connectivity index (χ2v) is 7.84. The summed E-state index contributed by atoms with van der Waals surface area (Å²) < 4.78 is 0. The van der Waals surface area contributed by atoms with Gasteiger partial charge in [0.1, 0.15) is 0 Å². The Labute approximate surface area is 133 Å². The molecule has 1 saturated heterocycles. The molecule has 22 heavy (non-hydrogen) atoms. The van der Waals surface area contributed by atoms with Crippen LogP contribution in [-0.2, 0) is 9.59 Å². The van der Waals surface area contributed by atoms with Crippen molar-refractivity contribution in [2.45, 2.75) is 58.9 Å². The van der Waals surface area contributed by atoms with Crippen molar-refractivity contribution in [1.82, 2.24) is 10.2 Å². The van der Waals surface area contributed by atoms with E-state index < -0.39 is 0 Å². The summed E-state index contributed by atoms with van der Waals surface area (Å²) >= 11 is 0. The minimum absolute atomic E-state index is 0.0293. The highest BCUT2D eigenvalue weighted by atomic mass is 16.3. The van der Waals surface area contributed by atoms with Gasteiger partial charge < -0.3 is 15.3 Å². The number of nitrogens with zero attached hydrogens (tertiary/aromatic N) is 1. The topological polar surface area (TPSA) is 69.6 Å². The van der Waals surface area contributed by atoms with Crippen LogP contribution in [0.15, 0.2) is 0 Å². The largest absolute Gasteiger partial charge is 0.396 e. The molecule has 1 heterocycles. The van der Waals surface area contributed by atoms with E-state index in [9.17, 15) is 14.7 Å². The summed E-state index contributed by atoms with van der Waals surface area (Å²) in [5.41, 5.74) is -0.0867. The number of aliphatic hydroxyl groups excluding tert-OH is 1. The zero-order valence-corrected chi connectivity index (χ0v) is 14.1. The Hall–Kier alpha value is -1.10. The van der Waals surface area contributed by atoms with E-state index >= 15 is 0 Å². The highest BCUT2D eigenvalue weighted by Gasteiger charge is 2.37. The number of hydrogen-bond donors (Lipinski definition) is 2. The standard InChI is InChI=1S/C17H30N2O3/c1-17(2,3)14(8-10-20)18-15(21)13-5-4-9-19(11-13)16(22)12-6-7-12/h12-14,20H,4-11H2,1-3H3,(H,18,21). The first-order chi connectivity index (χ1) is 10.3. The molecule has 1 aliphatic carbocycles. The van der Waals surface area contributed by atoms with Crippen molar-refractivity contribution in [2.75, 3.05) is 19.7 Å². The second-order valence-electron chi connectivity index (χ2n) is 7.84. The predicted molar refractivity (Wildman–Crippen MR) is 85.1 cm³/mol. The van der Waals surface area contributed by atoms with Gasteiger partial charge in [0.15, 0.2) is 0 Å². The van der Waals surface area contributed by atoms with Gasteiger partial charge in [0, 0.05) is 31.7 Å². The van der Waals surface area contributed by atoms with Gasteiger partial charge in [0.2, 0.25) is 11.8 Å². The minimum atomic E-state index is -0.111. The monoisotopic (exact) mass is 310 g/mol. The van der Waals surface area contributed by atoms with E-state index in [1.54, 1.807) is 0 Å². The molecule has 2 atom stereocenters. The summed E-state index contributed by atoms with van der Waals surface area (Å²) in [6.07, 6.45) is 4.32. The Balaban J connectivity index is 1.91. The van der Waals surface area contributed by atoms with E-state index in [0.29, 0.717) is 13.0 Å². The average Bonchev–Trinajstić information content (AvgIpc) is 3.29. The number of nitrogens with one attached hydrogen (secondary N) is 1. The normalized spacial score (nSPS) is 24.0. The van der Waals surface area contributed by atoms with E-state index in [-0.39, 0.29) is 41.7 Å². The van der Waals surface area contributed by atoms with Crippen molar-refractivity contribution in [3.63, 3.8) is 0 Å². The zero-order valence-electron chi connectivity index (χ0n) is 14.1. The molecule has 2 fully saturated rings. The summed E-state index contributed by atoms with van der Waals surface area (Å²) in [5.74, 6) is 0.375. The van der Waals surface area contributed by atoms with Crippen LogP contribution in [0.5, 0.6) is 0 Å². The molecule has 5 heteroatoms. The summed E-state index contributed by atoms with van der Waals surface area (Å²) in [6, 6.07) is -0.0421. The number of carbonyl (C=O) groups is 2. The molecule has 2 unspecified atom stereocenters. The van der Waals surface area contributed by atoms with Crippen LogP contribution in [0.3, 0.4) is 0 Å². The highest BCUT2D eigenvalue weighted by molar-refractivity contribution is 5.83. The van der Waals surface area contributed by atoms with Crippen LogP contribution in [0.2, 0.25) is 0 Å². The molecule has 2 aliphatic rings. The lowest BCUT2D eigenvalue weighted by atomic mass is 9.84. The van der Waals surface area contributed by atoms with Crippen molar-refractivity contribution >= 4 is 11.8 Å². The van der Waals surface area contributed by atoms with Crippen molar-refractivity contribution < 1.29 is 14.7 Å². The average molecular weight is 310 g/mol. The van der Waals surface area contributed by atoms with Crippen molar-refractivity contribution in [2.24, 2.45) is 17.3 Å². The summed E-state index contributed by atoms with van der Waals surface area (Å²) in [5, 5.41) is 12.3. The van der Waals surface area contributed by atoms with Gasteiger partial charge in [-0.2, -0.15) is 0 Å². The van der Waals surface area contributed by atoms with Crippen LogP contribution < -0.4 is 5.32 Å². The van der Waals surface area contributed by atoms with Crippen molar-refractivity contribution in [3.8, 4) is 0 Å². The number of likely N-dealkylation sites (tertiary alicyclic amines) is 1. The lowest BCUT2D eigenvalue weighted by Crippen LogP contribution is -2.51. The number of aliphatic hydroxyl groups is 1. The molecule has 1 saturated carbocycles. The lowest BCUT2D eigenvalue weighted by molar-refractivity contribution is -0.137. The van der Waals surface area contributed by atoms with Crippen molar-refractivity contribution in [1.29, 1.82) is 0 Å². The fraction of sp³-hybridized carbons (Fsp3) is 0.882. The van der Waals surface area contributed by atoms with Crippen LogP contribution in [0, 0.1) is 17.3 Å². The Morgan fingerprint density at radius 2 is 1.91 bits per heavy atom. The maximum atomic E-state index is 12.6. The van der Waals surface area contributed by atoms with Crippen molar-refractivity contribution in [3.05, 3.63) is 0 Å². The van der Waals surface area contributed by atoms with E-state index in [2.05, 4.69) is 26.1 Å². The van der Waals surface area contributed by atoms with E-state index in [1.165, 1.54) is 0 Å². The molecular weight excluding hydrogens is 280 g/mol. The first-order valence-corrected chi connectivity index (χ1v) is 8.53.